The van der Waals surface area contributed by atoms with Crippen LogP contribution in [0.3, 0.4) is 0 Å². The van der Waals surface area contributed by atoms with Gasteiger partial charge in [0.15, 0.2) is 0 Å². The van der Waals surface area contributed by atoms with E-state index in [4.69, 9.17) is 11.6 Å². The second-order valence-electron chi connectivity index (χ2n) is 6.42. The second kappa shape index (κ2) is 7.34. The standard InChI is InChI=1S/C19H17ClN6O2S/c1-12-11-18(26-19(21-12)22-13(2)24-26)23-15-7-9-17(10-8-15)29(27,28)25-16-5-3-14(20)4-6-16/h3-11,23,25H,1-2H3. The van der Waals surface area contributed by atoms with Gasteiger partial charge in [-0.3, -0.25) is 4.72 Å². The molecule has 2 aromatic carbocycles. The number of anilines is 3. The molecule has 0 aliphatic rings. The molecule has 0 bridgehead atoms. The van der Waals surface area contributed by atoms with Gasteiger partial charge in [-0.05, 0) is 62.4 Å². The van der Waals surface area contributed by atoms with Crippen molar-refractivity contribution in [3.05, 3.63) is 71.1 Å². The monoisotopic (exact) mass is 428 g/mol. The minimum absolute atomic E-state index is 0.144. The van der Waals surface area contributed by atoms with E-state index in [1.165, 1.54) is 12.1 Å². The molecule has 29 heavy (non-hydrogen) atoms. The van der Waals surface area contributed by atoms with Gasteiger partial charge in [-0.15, -0.1) is 5.10 Å². The van der Waals surface area contributed by atoms with Crippen molar-refractivity contribution < 1.29 is 8.42 Å². The van der Waals surface area contributed by atoms with Gasteiger partial charge < -0.3 is 5.32 Å². The van der Waals surface area contributed by atoms with Crippen molar-refractivity contribution >= 4 is 44.6 Å². The molecule has 4 aromatic rings. The first-order chi connectivity index (χ1) is 13.8. The van der Waals surface area contributed by atoms with Gasteiger partial charge in [-0.25, -0.2) is 13.4 Å². The van der Waals surface area contributed by atoms with Gasteiger partial charge in [0.2, 0.25) is 0 Å². The maximum atomic E-state index is 12.6. The molecule has 0 aliphatic heterocycles. The third kappa shape index (κ3) is 4.15. The Balaban J connectivity index is 1.57. The van der Waals surface area contributed by atoms with E-state index in [1.807, 2.05) is 13.0 Å². The molecule has 0 radical (unpaired) electrons. The molecule has 8 nitrogen and oxygen atoms in total. The van der Waals surface area contributed by atoms with Crippen molar-refractivity contribution in [2.75, 3.05) is 10.0 Å². The van der Waals surface area contributed by atoms with Crippen LogP contribution in [0.4, 0.5) is 17.2 Å². The number of hydrogen-bond donors (Lipinski definition) is 2. The predicted molar refractivity (Wildman–Crippen MR) is 112 cm³/mol. The van der Waals surface area contributed by atoms with E-state index in [-0.39, 0.29) is 4.90 Å². The summed E-state index contributed by atoms with van der Waals surface area (Å²) in [6.07, 6.45) is 0. The van der Waals surface area contributed by atoms with Crippen LogP contribution in [0.2, 0.25) is 5.02 Å². The molecule has 148 valence electrons. The van der Waals surface area contributed by atoms with Crippen LogP contribution in [0.25, 0.3) is 5.78 Å². The van der Waals surface area contributed by atoms with E-state index < -0.39 is 10.0 Å². The van der Waals surface area contributed by atoms with Gasteiger partial charge >= 0.3 is 0 Å². The van der Waals surface area contributed by atoms with E-state index in [0.29, 0.717) is 33.8 Å². The smallest absolute Gasteiger partial charge is 0.261 e. The number of nitrogens with one attached hydrogen (secondary N) is 2. The molecule has 2 heterocycles. The second-order valence-corrected chi connectivity index (χ2v) is 8.53. The molecule has 0 saturated carbocycles. The Morgan fingerprint density at radius 1 is 0.931 bits per heavy atom. The van der Waals surface area contributed by atoms with Crippen molar-refractivity contribution in [3.8, 4) is 0 Å². The zero-order valence-corrected chi connectivity index (χ0v) is 17.2. The molecule has 0 atom stereocenters. The van der Waals surface area contributed by atoms with E-state index in [9.17, 15) is 8.42 Å². The van der Waals surface area contributed by atoms with Crippen molar-refractivity contribution in [1.82, 2.24) is 19.6 Å². The van der Waals surface area contributed by atoms with Gasteiger partial charge in [0.05, 0.1) is 4.90 Å². The summed E-state index contributed by atoms with van der Waals surface area (Å²) < 4.78 is 29.3. The Bertz CT molecular complexity index is 1290. The number of halogens is 1. The van der Waals surface area contributed by atoms with Crippen LogP contribution in [0.5, 0.6) is 0 Å². The van der Waals surface area contributed by atoms with Gasteiger partial charge in [-0.1, -0.05) is 11.6 Å². The molecular formula is C19H17ClN6O2S. The first-order valence-corrected chi connectivity index (χ1v) is 10.5. The SMILES string of the molecule is Cc1cc(Nc2ccc(S(=O)(=O)Nc3ccc(Cl)cc3)cc2)n2nc(C)nc2n1. The summed E-state index contributed by atoms with van der Waals surface area (Å²) in [7, 11) is -3.71. The van der Waals surface area contributed by atoms with Crippen LogP contribution >= 0.6 is 11.6 Å². The van der Waals surface area contributed by atoms with E-state index in [1.54, 1.807) is 47.8 Å². The fourth-order valence-electron chi connectivity index (χ4n) is 2.77. The van der Waals surface area contributed by atoms with Crippen LogP contribution in [0.15, 0.2) is 59.5 Å². The zero-order chi connectivity index (χ0) is 20.6. The van der Waals surface area contributed by atoms with Gasteiger partial charge in [-0.2, -0.15) is 9.50 Å². The molecule has 10 heteroatoms. The minimum atomic E-state index is -3.71. The van der Waals surface area contributed by atoms with Gasteiger partial charge in [0, 0.05) is 28.2 Å². The number of fused-ring (bicyclic) bond motifs is 1. The van der Waals surface area contributed by atoms with E-state index in [0.717, 1.165) is 5.69 Å². The number of nitrogens with zero attached hydrogens (tertiary/aromatic N) is 4. The van der Waals surface area contributed by atoms with Crippen LogP contribution in [-0.4, -0.2) is 28.0 Å². The summed E-state index contributed by atoms with van der Waals surface area (Å²) in [6, 6.07) is 14.7. The number of aromatic nitrogens is 4. The lowest BCUT2D eigenvalue weighted by atomic mass is 10.3. The van der Waals surface area contributed by atoms with Crippen LogP contribution in [0, 0.1) is 13.8 Å². The average Bonchev–Trinajstić information content (AvgIpc) is 3.04. The van der Waals surface area contributed by atoms with Crippen molar-refractivity contribution in [3.63, 3.8) is 0 Å². The molecule has 2 N–H and O–H groups in total. The Labute approximate surface area is 172 Å². The molecule has 0 spiro atoms. The summed E-state index contributed by atoms with van der Waals surface area (Å²) in [4.78, 5) is 8.76. The largest absolute Gasteiger partial charge is 0.340 e. The lowest BCUT2D eigenvalue weighted by Gasteiger charge is -2.11. The van der Waals surface area contributed by atoms with E-state index in [2.05, 4.69) is 25.1 Å². The summed E-state index contributed by atoms with van der Waals surface area (Å²) in [5.41, 5.74) is 1.93. The summed E-state index contributed by atoms with van der Waals surface area (Å²) >= 11 is 5.83. The fourth-order valence-corrected chi connectivity index (χ4v) is 3.96. The first kappa shape index (κ1) is 19.2. The quantitative estimate of drug-likeness (QED) is 0.499. The highest BCUT2D eigenvalue weighted by Crippen LogP contribution is 2.22. The van der Waals surface area contributed by atoms with Crippen molar-refractivity contribution in [1.29, 1.82) is 0 Å². The Hall–Kier alpha value is -3.17. The highest BCUT2D eigenvalue weighted by molar-refractivity contribution is 7.92. The number of benzene rings is 2. The topological polar surface area (TPSA) is 101 Å². The van der Waals surface area contributed by atoms with Crippen LogP contribution < -0.4 is 10.0 Å². The molecule has 0 unspecified atom stereocenters. The zero-order valence-electron chi connectivity index (χ0n) is 15.6. The van der Waals surface area contributed by atoms with E-state index >= 15 is 0 Å². The average molecular weight is 429 g/mol. The van der Waals surface area contributed by atoms with Crippen LogP contribution in [0.1, 0.15) is 11.5 Å². The molecule has 0 amide bonds. The predicted octanol–water partition coefficient (Wildman–Crippen LogP) is 3.94. The van der Waals surface area contributed by atoms with Gasteiger partial charge in [0.1, 0.15) is 11.6 Å². The number of hydrogen-bond acceptors (Lipinski definition) is 6. The first-order valence-electron chi connectivity index (χ1n) is 8.67. The minimum Gasteiger partial charge on any atom is -0.340 e. The lowest BCUT2D eigenvalue weighted by Crippen LogP contribution is -2.12. The summed E-state index contributed by atoms with van der Waals surface area (Å²) in [6.45, 7) is 3.66. The fraction of sp³-hybridized carbons (Fsp3) is 0.105. The Morgan fingerprint density at radius 3 is 2.28 bits per heavy atom. The third-order valence-corrected chi connectivity index (χ3v) is 5.73. The summed E-state index contributed by atoms with van der Waals surface area (Å²) in [5.74, 6) is 1.79. The van der Waals surface area contributed by atoms with Crippen molar-refractivity contribution in [2.24, 2.45) is 0 Å². The number of sulfonamides is 1. The highest BCUT2D eigenvalue weighted by Gasteiger charge is 2.14. The molecule has 0 aliphatic carbocycles. The maximum Gasteiger partial charge on any atom is 0.261 e. The lowest BCUT2D eigenvalue weighted by molar-refractivity contribution is 0.601. The Morgan fingerprint density at radius 2 is 1.59 bits per heavy atom. The normalized spacial score (nSPS) is 11.6. The number of aryl methyl sites for hydroxylation is 2. The third-order valence-electron chi connectivity index (χ3n) is 4.08. The molecule has 0 saturated heterocycles. The summed E-state index contributed by atoms with van der Waals surface area (Å²) in [5, 5.41) is 8.09. The van der Waals surface area contributed by atoms with Gasteiger partial charge in [0.25, 0.3) is 15.8 Å². The highest BCUT2D eigenvalue weighted by atomic mass is 35.5. The maximum absolute atomic E-state index is 12.6. The molecular weight excluding hydrogens is 412 g/mol. The van der Waals surface area contributed by atoms with Crippen molar-refractivity contribution in [2.45, 2.75) is 18.7 Å². The Kier molecular flexibility index (Phi) is 4.85. The molecule has 0 fully saturated rings. The van der Waals surface area contributed by atoms with Crippen LogP contribution in [-0.2, 0) is 10.0 Å². The molecule has 4 rings (SSSR count). The molecule has 2 aromatic heterocycles. The number of rotatable bonds is 5.